The molecule has 0 heterocycles. The summed E-state index contributed by atoms with van der Waals surface area (Å²) >= 11 is 5.86. The maximum atomic E-state index is 12.2. The van der Waals surface area contributed by atoms with E-state index in [2.05, 4.69) is 5.32 Å². The third-order valence-electron chi connectivity index (χ3n) is 4.97. The quantitative estimate of drug-likeness (QED) is 0.684. The number of amides is 1. The topological polar surface area (TPSA) is 64.6 Å². The third-order valence-corrected chi connectivity index (χ3v) is 5.23. The minimum atomic E-state index is -0.357. The second-order valence-electron chi connectivity index (χ2n) is 7.04. The van der Waals surface area contributed by atoms with E-state index in [4.69, 9.17) is 21.1 Å². The lowest BCUT2D eigenvalue weighted by Gasteiger charge is -2.28. The van der Waals surface area contributed by atoms with Gasteiger partial charge in [-0.05, 0) is 80.1 Å². The monoisotopic (exact) mass is 401 g/mol. The van der Waals surface area contributed by atoms with Crippen LogP contribution < -0.4 is 10.1 Å². The van der Waals surface area contributed by atoms with Crippen LogP contribution in [0, 0.1) is 5.92 Å². The highest BCUT2D eigenvalue weighted by atomic mass is 35.5. The van der Waals surface area contributed by atoms with Crippen molar-refractivity contribution in [3.05, 3.63) is 59.1 Å². The van der Waals surface area contributed by atoms with Crippen molar-refractivity contribution >= 4 is 29.2 Å². The van der Waals surface area contributed by atoms with Crippen LogP contribution in [0.2, 0.25) is 5.02 Å². The van der Waals surface area contributed by atoms with Gasteiger partial charge in [-0.15, -0.1) is 0 Å². The lowest BCUT2D eigenvalue weighted by molar-refractivity contribution is -0.117. The van der Waals surface area contributed by atoms with Crippen molar-refractivity contribution in [2.45, 2.75) is 38.2 Å². The van der Waals surface area contributed by atoms with E-state index in [-0.39, 0.29) is 18.0 Å². The van der Waals surface area contributed by atoms with Gasteiger partial charge < -0.3 is 14.8 Å². The lowest BCUT2D eigenvalue weighted by atomic mass is 9.85. The summed E-state index contributed by atoms with van der Waals surface area (Å²) in [6.07, 6.45) is 4.40. The van der Waals surface area contributed by atoms with Gasteiger partial charge in [0.15, 0.2) is 0 Å². The Labute approximate surface area is 170 Å². The van der Waals surface area contributed by atoms with Crippen molar-refractivity contribution in [2.24, 2.45) is 5.92 Å². The molecule has 148 valence electrons. The first-order valence-electron chi connectivity index (χ1n) is 9.44. The van der Waals surface area contributed by atoms with Gasteiger partial charge in [-0.25, -0.2) is 4.79 Å². The zero-order valence-corrected chi connectivity index (χ0v) is 16.6. The molecule has 1 N–H and O–H groups in total. The fourth-order valence-corrected chi connectivity index (χ4v) is 3.57. The summed E-state index contributed by atoms with van der Waals surface area (Å²) in [7, 11) is 1.36. The summed E-state index contributed by atoms with van der Waals surface area (Å²) in [4.78, 5) is 23.7. The highest BCUT2D eigenvalue weighted by molar-refractivity contribution is 6.30. The van der Waals surface area contributed by atoms with E-state index >= 15 is 0 Å². The van der Waals surface area contributed by atoms with Crippen LogP contribution in [-0.4, -0.2) is 25.1 Å². The van der Waals surface area contributed by atoms with Gasteiger partial charge in [0.25, 0.3) is 0 Å². The van der Waals surface area contributed by atoms with Gasteiger partial charge in [-0.1, -0.05) is 11.6 Å². The SMILES string of the molecule is COC(=O)c1ccc(O[C@H]2CC[C@H](CC(=O)Nc3ccc(Cl)cc3)CC2)cc1. The molecule has 1 saturated carbocycles. The Balaban J connectivity index is 1.42. The van der Waals surface area contributed by atoms with Gasteiger partial charge in [0.1, 0.15) is 5.75 Å². The first kappa shape index (κ1) is 20.2. The molecule has 1 fully saturated rings. The molecule has 0 unspecified atom stereocenters. The summed E-state index contributed by atoms with van der Waals surface area (Å²) in [6, 6.07) is 14.1. The van der Waals surface area contributed by atoms with Crippen LogP contribution in [0.4, 0.5) is 5.69 Å². The third kappa shape index (κ3) is 5.73. The highest BCUT2D eigenvalue weighted by Crippen LogP contribution is 2.30. The van der Waals surface area contributed by atoms with Crippen LogP contribution in [0.1, 0.15) is 42.5 Å². The number of ether oxygens (including phenoxy) is 2. The Kier molecular flexibility index (Phi) is 6.93. The van der Waals surface area contributed by atoms with E-state index in [1.165, 1.54) is 7.11 Å². The van der Waals surface area contributed by atoms with Crippen LogP contribution in [-0.2, 0) is 9.53 Å². The fraction of sp³-hybridized carbons (Fsp3) is 0.364. The van der Waals surface area contributed by atoms with E-state index in [0.29, 0.717) is 22.9 Å². The number of rotatable bonds is 6. The number of hydrogen-bond donors (Lipinski definition) is 1. The van der Waals surface area contributed by atoms with Gasteiger partial charge in [0.2, 0.25) is 5.91 Å². The highest BCUT2D eigenvalue weighted by Gasteiger charge is 2.24. The van der Waals surface area contributed by atoms with Gasteiger partial charge in [-0.3, -0.25) is 4.79 Å². The number of carbonyl (C=O) groups is 2. The smallest absolute Gasteiger partial charge is 0.337 e. The maximum absolute atomic E-state index is 12.2. The van der Waals surface area contributed by atoms with Crippen molar-refractivity contribution < 1.29 is 19.1 Å². The van der Waals surface area contributed by atoms with Crippen LogP contribution in [0.15, 0.2) is 48.5 Å². The summed E-state index contributed by atoms with van der Waals surface area (Å²) < 4.78 is 10.7. The molecule has 1 aliphatic carbocycles. The number of methoxy groups -OCH3 is 1. The second-order valence-corrected chi connectivity index (χ2v) is 7.47. The van der Waals surface area contributed by atoms with Crippen molar-refractivity contribution in [3.8, 4) is 5.75 Å². The molecule has 1 amide bonds. The number of carbonyl (C=O) groups excluding carboxylic acids is 2. The molecule has 3 rings (SSSR count). The molecule has 0 radical (unpaired) electrons. The predicted octanol–water partition coefficient (Wildman–Crippen LogP) is 5.09. The molecule has 0 aromatic heterocycles. The first-order valence-corrected chi connectivity index (χ1v) is 9.81. The number of esters is 1. The molecule has 2 aromatic rings. The summed E-state index contributed by atoms with van der Waals surface area (Å²) in [5.41, 5.74) is 1.27. The predicted molar refractivity (Wildman–Crippen MR) is 109 cm³/mol. The van der Waals surface area contributed by atoms with Crippen LogP contribution in [0.3, 0.4) is 0 Å². The Bertz CT molecular complexity index is 796. The molecular weight excluding hydrogens is 378 g/mol. The van der Waals surface area contributed by atoms with E-state index in [9.17, 15) is 9.59 Å². The summed E-state index contributed by atoms with van der Waals surface area (Å²) in [5, 5.41) is 3.57. The molecule has 6 heteroatoms. The minimum absolute atomic E-state index is 0.0325. The van der Waals surface area contributed by atoms with E-state index < -0.39 is 0 Å². The number of hydrogen-bond acceptors (Lipinski definition) is 4. The average Bonchev–Trinajstić information content (AvgIpc) is 2.71. The zero-order valence-electron chi connectivity index (χ0n) is 15.8. The molecule has 0 atom stereocenters. The van der Waals surface area contributed by atoms with Gasteiger partial charge in [0.05, 0.1) is 18.8 Å². The van der Waals surface area contributed by atoms with Crippen molar-refractivity contribution in [1.82, 2.24) is 0 Å². The van der Waals surface area contributed by atoms with Gasteiger partial charge in [0, 0.05) is 17.1 Å². The van der Waals surface area contributed by atoms with Crippen LogP contribution in [0.25, 0.3) is 0 Å². The molecule has 2 aromatic carbocycles. The van der Waals surface area contributed by atoms with Gasteiger partial charge >= 0.3 is 5.97 Å². The fourth-order valence-electron chi connectivity index (χ4n) is 3.44. The largest absolute Gasteiger partial charge is 0.490 e. The van der Waals surface area contributed by atoms with Crippen LogP contribution in [0.5, 0.6) is 5.75 Å². The number of halogens is 1. The van der Waals surface area contributed by atoms with E-state index in [1.807, 2.05) is 0 Å². The van der Waals surface area contributed by atoms with Crippen LogP contribution >= 0.6 is 11.6 Å². The average molecular weight is 402 g/mol. The minimum Gasteiger partial charge on any atom is -0.490 e. The standard InChI is InChI=1S/C22H24ClNO4/c1-27-22(26)16-4-12-20(13-5-16)28-19-10-2-15(3-11-19)14-21(25)24-18-8-6-17(23)7-9-18/h4-9,12-13,15,19H,2-3,10-11,14H2,1H3,(H,24,25)/t15-,19-. The molecule has 5 nitrogen and oxygen atoms in total. The molecule has 0 aliphatic heterocycles. The zero-order chi connectivity index (χ0) is 19.9. The summed E-state index contributed by atoms with van der Waals surface area (Å²) in [6.45, 7) is 0. The summed E-state index contributed by atoms with van der Waals surface area (Å²) in [5.74, 6) is 0.791. The molecule has 28 heavy (non-hydrogen) atoms. The van der Waals surface area contributed by atoms with Crippen molar-refractivity contribution in [3.63, 3.8) is 0 Å². The Hall–Kier alpha value is -2.53. The number of benzene rings is 2. The molecule has 1 aliphatic rings. The normalized spacial score (nSPS) is 18.9. The Morgan fingerprint density at radius 1 is 1.00 bits per heavy atom. The van der Waals surface area contributed by atoms with Crippen molar-refractivity contribution in [1.29, 1.82) is 0 Å². The van der Waals surface area contributed by atoms with Gasteiger partial charge in [-0.2, -0.15) is 0 Å². The first-order chi connectivity index (χ1) is 13.5. The Morgan fingerprint density at radius 3 is 2.25 bits per heavy atom. The van der Waals surface area contributed by atoms with E-state index in [0.717, 1.165) is 37.1 Å². The second kappa shape index (κ2) is 9.60. The maximum Gasteiger partial charge on any atom is 0.337 e. The molecule has 0 spiro atoms. The molecular formula is C22H24ClNO4. The lowest BCUT2D eigenvalue weighted by Crippen LogP contribution is -2.26. The van der Waals surface area contributed by atoms with E-state index in [1.54, 1.807) is 48.5 Å². The molecule has 0 saturated heterocycles. The van der Waals surface area contributed by atoms with Crippen molar-refractivity contribution in [2.75, 3.05) is 12.4 Å². The molecule has 0 bridgehead atoms. The Morgan fingerprint density at radius 2 is 1.64 bits per heavy atom. The number of anilines is 1. The number of nitrogens with one attached hydrogen (secondary N) is 1.